The molecule has 0 fully saturated rings. The molecule has 0 unspecified atom stereocenters. The Labute approximate surface area is 181 Å². The summed E-state index contributed by atoms with van der Waals surface area (Å²) in [6.07, 6.45) is 0.115. The molecular weight excluding hydrogens is 404 g/mol. The lowest BCUT2D eigenvalue weighted by molar-refractivity contribution is 0.0295. The van der Waals surface area contributed by atoms with E-state index in [1.54, 1.807) is 7.11 Å². The molecule has 0 spiro atoms. The Bertz CT molecular complexity index is 762. The molecular formula is C23H28O4S2. The molecule has 0 aliphatic carbocycles. The predicted octanol–water partition coefficient (Wildman–Crippen LogP) is 4.87. The number of benzene rings is 2. The van der Waals surface area contributed by atoms with Gasteiger partial charge in [-0.05, 0) is 28.2 Å². The minimum absolute atomic E-state index is 0.337. The Hall–Kier alpha value is -1.44. The Morgan fingerprint density at radius 2 is 1.48 bits per heavy atom. The van der Waals surface area contributed by atoms with Crippen molar-refractivity contribution < 1.29 is 19.3 Å². The first-order chi connectivity index (χ1) is 14.2. The van der Waals surface area contributed by atoms with Gasteiger partial charge in [0.25, 0.3) is 0 Å². The van der Waals surface area contributed by atoms with Gasteiger partial charge in [-0.3, -0.25) is 0 Å². The molecule has 0 bridgehead atoms. The van der Waals surface area contributed by atoms with E-state index in [2.05, 4.69) is 0 Å². The summed E-state index contributed by atoms with van der Waals surface area (Å²) in [5.74, 6) is 3.00. The fraction of sp³-hybridized carbons (Fsp3) is 0.391. The molecule has 2 aromatic rings. The predicted molar refractivity (Wildman–Crippen MR) is 121 cm³/mol. The first-order valence-electron chi connectivity index (χ1n) is 9.72. The summed E-state index contributed by atoms with van der Waals surface area (Å²) in [6, 6.07) is 18.0. The highest BCUT2D eigenvalue weighted by molar-refractivity contribution is 8.10. The lowest BCUT2D eigenvalue weighted by atomic mass is 10.2. The largest absolute Gasteiger partial charge is 0.497 e. The molecule has 0 aromatic heterocycles. The zero-order valence-corrected chi connectivity index (χ0v) is 18.3. The van der Waals surface area contributed by atoms with Crippen LogP contribution >= 0.6 is 23.5 Å². The number of methoxy groups -OCH3 is 1. The van der Waals surface area contributed by atoms with E-state index in [-0.39, 0.29) is 0 Å². The summed E-state index contributed by atoms with van der Waals surface area (Å²) in [4.78, 5) is 2.46. The van der Waals surface area contributed by atoms with Crippen molar-refractivity contribution in [3.63, 3.8) is 0 Å². The van der Waals surface area contributed by atoms with Gasteiger partial charge in [0.05, 0.1) is 39.6 Å². The van der Waals surface area contributed by atoms with Gasteiger partial charge in [-0.2, -0.15) is 0 Å². The summed E-state index contributed by atoms with van der Waals surface area (Å²) in [6.45, 7) is 2.01. The Kier molecular flexibility index (Phi) is 9.44. The summed E-state index contributed by atoms with van der Waals surface area (Å²) in [5.41, 5.74) is 2.24. The van der Waals surface area contributed by atoms with E-state index in [9.17, 15) is 5.11 Å². The molecule has 0 amide bonds. The van der Waals surface area contributed by atoms with E-state index in [1.807, 2.05) is 78.1 Å². The fourth-order valence-corrected chi connectivity index (χ4v) is 5.38. The molecule has 156 valence electrons. The van der Waals surface area contributed by atoms with E-state index in [0.29, 0.717) is 32.8 Å². The molecule has 0 radical (unpaired) electrons. The minimum Gasteiger partial charge on any atom is -0.497 e. The average Bonchev–Trinajstić information content (AvgIpc) is 2.76. The van der Waals surface area contributed by atoms with Crippen molar-refractivity contribution in [2.75, 3.05) is 31.8 Å². The molecule has 3 rings (SSSR count). The van der Waals surface area contributed by atoms with Crippen molar-refractivity contribution >= 4 is 23.5 Å². The highest BCUT2D eigenvalue weighted by atomic mass is 32.2. The number of aliphatic hydroxyl groups excluding tert-OH is 1. The van der Waals surface area contributed by atoms with Crippen molar-refractivity contribution in [1.82, 2.24) is 0 Å². The van der Waals surface area contributed by atoms with E-state index in [4.69, 9.17) is 14.2 Å². The number of aliphatic hydroxyl groups is 1. The molecule has 1 atom stereocenters. The minimum atomic E-state index is -0.503. The van der Waals surface area contributed by atoms with Gasteiger partial charge in [-0.1, -0.05) is 42.5 Å². The number of ether oxygens (including phenoxy) is 3. The second kappa shape index (κ2) is 12.3. The van der Waals surface area contributed by atoms with Gasteiger partial charge in [0, 0.05) is 22.8 Å². The van der Waals surface area contributed by atoms with Gasteiger partial charge in [0.15, 0.2) is 0 Å². The maximum absolute atomic E-state index is 10.4. The van der Waals surface area contributed by atoms with Crippen LogP contribution in [0.2, 0.25) is 0 Å². The standard InChI is InChI=1S/C23H28O4S2/c1-25-21-9-7-19(8-10-21)15-27-17-23-22(28-11-12-29-23)13-20(24)16-26-14-18-5-3-2-4-6-18/h2-10,20,24H,11-17H2,1H3/t20-/m0/s1. The third kappa shape index (κ3) is 7.72. The Morgan fingerprint density at radius 1 is 0.828 bits per heavy atom. The molecule has 4 nitrogen and oxygen atoms in total. The van der Waals surface area contributed by atoms with Crippen LogP contribution in [-0.4, -0.2) is 43.0 Å². The molecule has 0 saturated carbocycles. The molecule has 0 saturated heterocycles. The van der Waals surface area contributed by atoms with Crippen molar-refractivity contribution in [1.29, 1.82) is 0 Å². The number of rotatable bonds is 11. The van der Waals surface area contributed by atoms with Crippen LogP contribution in [0.4, 0.5) is 0 Å². The number of thioether (sulfide) groups is 2. The summed E-state index contributed by atoms with van der Waals surface area (Å²) >= 11 is 3.66. The maximum Gasteiger partial charge on any atom is 0.118 e. The van der Waals surface area contributed by atoms with Crippen molar-refractivity contribution in [3.8, 4) is 5.75 Å². The van der Waals surface area contributed by atoms with Crippen LogP contribution in [0.3, 0.4) is 0 Å². The summed E-state index contributed by atoms with van der Waals surface area (Å²) in [7, 11) is 1.67. The zero-order valence-electron chi connectivity index (χ0n) is 16.7. The van der Waals surface area contributed by atoms with Crippen LogP contribution in [0.15, 0.2) is 64.4 Å². The van der Waals surface area contributed by atoms with Gasteiger partial charge in [0.1, 0.15) is 5.75 Å². The first-order valence-corrected chi connectivity index (χ1v) is 11.7. The Morgan fingerprint density at radius 3 is 2.21 bits per heavy atom. The highest BCUT2D eigenvalue weighted by Gasteiger charge is 2.18. The monoisotopic (exact) mass is 432 g/mol. The topological polar surface area (TPSA) is 47.9 Å². The highest BCUT2D eigenvalue weighted by Crippen LogP contribution is 2.37. The molecule has 1 N–H and O–H groups in total. The van der Waals surface area contributed by atoms with E-state index in [1.165, 1.54) is 9.81 Å². The first kappa shape index (κ1) is 22.2. The zero-order chi connectivity index (χ0) is 20.3. The third-order valence-electron chi connectivity index (χ3n) is 4.45. The lowest BCUT2D eigenvalue weighted by Crippen LogP contribution is -2.17. The molecule has 1 aliphatic rings. The lowest BCUT2D eigenvalue weighted by Gasteiger charge is -2.21. The molecule has 1 heterocycles. The van der Waals surface area contributed by atoms with Crippen LogP contribution in [0.5, 0.6) is 5.75 Å². The number of hydrogen-bond acceptors (Lipinski definition) is 6. The molecule has 29 heavy (non-hydrogen) atoms. The van der Waals surface area contributed by atoms with Gasteiger partial charge >= 0.3 is 0 Å². The van der Waals surface area contributed by atoms with E-state index < -0.39 is 6.10 Å². The number of hydrogen-bond donors (Lipinski definition) is 1. The molecule has 6 heteroatoms. The van der Waals surface area contributed by atoms with Gasteiger partial charge in [-0.15, -0.1) is 23.5 Å². The maximum atomic E-state index is 10.4. The van der Waals surface area contributed by atoms with E-state index >= 15 is 0 Å². The smallest absolute Gasteiger partial charge is 0.118 e. The van der Waals surface area contributed by atoms with Crippen LogP contribution in [0.25, 0.3) is 0 Å². The van der Waals surface area contributed by atoms with Gasteiger partial charge in [-0.25, -0.2) is 0 Å². The van der Waals surface area contributed by atoms with Crippen LogP contribution < -0.4 is 4.74 Å². The fourth-order valence-electron chi connectivity index (χ4n) is 2.93. The van der Waals surface area contributed by atoms with Crippen LogP contribution in [0, 0.1) is 0 Å². The van der Waals surface area contributed by atoms with Crippen molar-refractivity contribution in [2.45, 2.75) is 25.7 Å². The Balaban J connectivity index is 1.44. The SMILES string of the molecule is COc1ccc(COCC2=C(C[C@H](O)COCc3ccccc3)SCCS2)cc1. The van der Waals surface area contributed by atoms with Crippen molar-refractivity contribution in [3.05, 3.63) is 75.5 Å². The van der Waals surface area contributed by atoms with Gasteiger partial charge < -0.3 is 19.3 Å². The van der Waals surface area contributed by atoms with Crippen LogP contribution in [0.1, 0.15) is 17.5 Å². The van der Waals surface area contributed by atoms with Gasteiger partial charge in [0.2, 0.25) is 0 Å². The van der Waals surface area contributed by atoms with Crippen LogP contribution in [-0.2, 0) is 22.7 Å². The second-order valence-electron chi connectivity index (χ2n) is 6.74. The average molecular weight is 433 g/mol. The second-order valence-corrected chi connectivity index (χ2v) is 9.12. The van der Waals surface area contributed by atoms with Crippen molar-refractivity contribution in [2.24, 2.45) is 0 Å². The molecule has 2 aromatic carbocycles. The summed E-state index contributed by atoms with van der Waals surface area (Å²) in [5, 5.41) is 10.4. The summed E-state index contributed by atoms with van der Waals surface area (Å²) < 4.78 is 16.8. The third-order valence-corrected chi connectivity index (χ3v) is 7.13. The van der Waals surface area contributed by atoms with E-state index in [0.717, 1.165) is 28.4 Å². The molecule has 1 aliphatic heterocycles. The normalized spacial score (nSPS) is 15.4. The quantitative estimate of drug-likeness (QED) is 0.547.